The highest BCUT2D eigenvalue weighted by molar-refractivity contribution is 7.99. The zero-order valence-corrected chi connectivity index (χ0v) is 15.5. The number of methoxy groups -OCH3 is 2. The van der Waals surface area contributed by atoms with Crippen molar-refractivity contribution in [2.45, 2.75) is 11.8 Å². The molecule has 0 aliphatic rings. The number of hydrogen-bond acceptors (Lipinski definition) is 6. The Morgan fingerprint density at radius 2 is 1.54 bits per heavy atom. The quantitative estimate of drug-likeness (QED) is 0.615. The molecule has 1 N–H and O–H groups in total. The fourth-order valence-electron chi connectivity index (χ4n) is 2.31. The average Bonchev–Trinajstić information content (AvgIpc) is 2.67. The van der Waals surface area contributed by atoms with E-state index in [4.69, 9.17) is 9.47 Å². The summed E-state index contributed by atoms with van der Waals surface area (Å²) in [6, 6.07) is 11.5. The number of hydrogen-bond donors (Lipinski definition) is 1. The zero-order valence-electron chi connectivity index (χ0n) is 14.7. The Morgan fingerprint density at radius 1 is 0.962 bits per heavy atom. The van der Waals surface area contributed by atoms with Gasteiger partial charge < -0.3 is 14.8 Å². The minimum atomic E-state index is -0.617. The third-order valence-corrected chi connectivity index (χ3v) is 4.42. The van der Waals surface area contributed by atoms with Crippen LogP contribution in [-0.2, 0) is 9.47 Å². The van der Waals surface area contributed by atoms with Gasteiger partial charge in [-0.25, -0.2) is 9.59 Å². The van der Waals surface area contributed by atoms with Crippen LogP contribution < -0.4 is 5.32 Å². The van der Waals surface area contributed by atoms with Gasteiger partial charge in [-0.15, -0.1) is 11.8 Å². The summed E-state index contributed by atoms with van der Waals surface area (Å²) in [6.45, 7) is 2.00. The van der Waals surface area contributed by atoms with Crippen molar-refractivity contribution in [1.82, 2.24) is 0 Å². The van der Waals surface area contributed by atoms with E-state index in [0.717, 1.165) is 10.6 Å². The van der Waals surface area contributed by atoms with E-state index in [1.807, 2.05) is 19.1 Å². The van der Waals surface area contributed by atoms with Crippen LogP contribution in [0, 0.1) is 0 Å². The van der Waals surface area contributed by atoms with Gasteiger partial charge in [-0.3, -0.25) is 4.79 Å². The fraction of sp³-hybridized carbons (Fsp3) is 0.211. The molecular weight excluding hydrogens is 354 g/mol. The molecule has 0 fully saturated rings. The maximum absolute atomic E-state index is 12.7. The van der Waals surface area contributed by atoms with Crippen molar-refractivity contribution < 1.29 is 23.9 Å². The summed E-state index contributed by atoms with van der Waals surface area (Å²) < 4.78 is 9.39. The second kappa shape index (κ2) is 9.05. The maximum Gasteiger partial charge on any atom is 0.337 e. The Morgan fingerprint density at radius 3 is 2.08 bits per heavy atom. The maximum atomic E-state index is 12.7. The molecule has 6 nitrogen and oxygen atoms in total. The van der Waals surface area contributed by atoms with E-state index < -0.39 is 11.9 Å². The molecule has 7 heteroatoms. The molecule has 26 heavy (non-hydrogen) atoms. The summed E-state index contributed by atoms with van der Waals surface area (Å²) in [5, 5.41) is 2.73. The molecule has 2 aromatic carbocycles. The molecule has 0 bridgehead atoms. The minimum Gasteiger partial charge on any atom is -0.465 e. The number of carbonyl (C=O) groups excluding carboxylic acids is 3. The summed E-state index contributed by atoms with van der Waals surface area (Å²) in [5.74, 6) is -0.741. The van der Waals surface area contributed by atoms with Crippen molar-refractivity contribution >= 4 is 35.3 Å². The first kappa shape index (κ1) is 19.5. The predicted molar refractivity (Wildman–Crippen MR) is 99.9 cm³/mol. The van der Waals surface area contributed by atoms with Gasteiger partial charge in [0, 0.05) is 10.6 Å². The van der Waals surface area contributed by atoms with Crippen molar-refractivity contribution in [1.29, 1.82) is 0 Å². The number of benzene rings is 2. The Labute approximate surface area is 155 Å². The molecule has 0 spiro atoms. The van der Waals surface area contributed by atoms with Crippen LogP contribution in [0.4, 0.5) is 5.69 Å². The van der Waals surface area contributed by atoms with E-state index in [1.165, 1.54) is 32.4 Å². The number of esters is 2. The monoisotopic (exact) mass is 373 g/mol. The van der Waals surface area contributed by atoms with Gasteiger partial charge in [-0.1, -0.05) is 19.1 Å². The van der Waals surface area contributed by atoms with Gasteiger partial charge in [-0.05, 0) is 36.1 Å². The number of carbonyl (C=O) groups is 3. The number of nitrogens with one attached hydrogen (secondary N) is 1. The molecule has 0 saturated heterocycles. The number of anilines is 1. The summed E-state index contributed by atoms with van der Waals surface area (Å²) in [6.07, 6.45) is 0. The van der Waals surface area contributed by atoms with Crippen LogP contribution in [0.5, 0.6) is 0 Å². The molecule has 2 aromatic rings. The van der Waals surface area contributed by atoms with Crippen molar-refractivity contribution in [3.8, 4) is 0 Å². The van der Waals surface area contributed by atoms with Crippen LogP contribution in [0.15, 0.2) is 47.4 Å². The molecule has 1 amide bonds. The van der Waals surface area contributed by atoms with Crippen molar-refractivity contribution in [2.75, 3.05) is 25.3 Å². The summed E-state index contributed by atoms with van der Waals surface area (Å²) in [5.41, 5.74) is 1.10. The van der Waals surface area contributed by atoms with Crippen LogP contribution in [-0.4, -0.2) is 37.8 Å². The van der Waals surface area contributed by atoms with Gasteiger partial charge in [0.2, 0.25) is 0 Å². The second-order valence-corrected chi connectivity index (χ2v) is 6.47. The van der Waals surface area contributed by atoms with E-state index in [1.54, 1.807) is 23.9 Å². The lowest BCUT2D eigenvalue weighted by molar-refractivity contribution is 0.0599. The standard InChI is InChI=1S/C19H19NO5S/c1-4-26-16-8-6-5-7-15(16)17(21)20-14-10-12(18(22)24-2)9-13(11-14)19(23)25-3/h5-11H,4H2,1-3H3,(H,20,21). The molecule has 0 aromatic heterocycles. The molecule has 0 unspecified atom stereocenters. The van der Waals surface area contributed by atoms with E-state index in [-0.39, 0.29) is 17.0 Å². The molecule has 0 radical (unpaired) electrons. The van der Waals surface area contributed by atoms with Crippen LogP contribution >= 0.6 is 11.8 Å². The summed E-state index contributed by atoms with van der Waals surface area (Å²) in [7, 11) is 2.48. The highest BCUT2D eigenvalue weighted by Gasteiger charge is 2.16. The van der Waals surface area contributed by atoms with Crippen LogP contribution in [0.2, 0.25) is 0 Å². The highest BCUT2D eigenvalue weighted by atomic mass is 32.2. The molecule has 2 rings (SSSR count). The van der Waals surface area contributed by atoms with Crippen molar-refractivity contribution in [3.63, 3.8) is 0 Å². The highest BCUT2D eigenvalue weighted by Crippen LogP contribution is 2.24. The summed E-state index contributed by atoms with van der Waals surface area (Å²) in [4.78, 5) is 37.2. The summed E-state index contributed by atoms with van der Waals surface area (Å²) >= 11 is 1.56. The lowest BCUT2D eigenvalue weighted by Crippen LogP contribution is -2.15. The fourth-order valence-corrected chi connectivity index (χ4v) is 3.11. The number of amides is 1. The third-order valence-electron chi connectivity index (χ3n) is 3.46. The van der Waals surface area contributed by atoms with E-state index >= 15 is 0 Å². The van der Waals surface area contributed by atoms with E-state index in [2.05, 4.69) is 5.32 Å². The van der Waals surface area contributed by atoms with Crippen LogP contribution in [0.25, 0.3) is 0 Å². The lowest BCUT2D eigenvalue weighted by Gasteiger charge is -2.11. The van der Waals surface area contributed by atoms with E-state index in [0.29, 0.717) is 11.3 Å². The van der Waals surface area contributed by atoms with Gasteiger partial charge in [0.25, 0.3) is 5.91 Å². The Balaban J connectivity index is 2.37. The van der Waals surface area contributed by atoms with E-state index in [9.17, 15) is 14.4 Å². The predicted octanol–water partition coefficient (Wildman–Crippen LogP) is 3.62. The van der Waals surface area contributed by atoms with Crippen molar-refractivity contribution in [2.24, 2.45) is 0 Å². The third kappa shape index (κ3) is 4.64. The molecule has 0 aliphatic carbocycles. The number of ether oxygens (including phenoxy) is 2. The minimum absolute atomic E-state index is 0.141. The first-order valence-corrected chi connectivity index (χ1v) is 8.83. The SMILES string of the molecule is CCSc1ccccc1C(=O)Nc1cc(C(=O)OC)cc(C(=O)OC)c1. The molecular formula is C19H19NO5S. The topological polar surface area (TPSA) is 81.7 Å². The molecule has 0 atom stereocenters. The second-order valence-electron chi connectivity index (χ2n) is 5.17. The molecule has 136 valence electrons. The van der Waals surface area contributed by atoms with Gasteiger partial charge in [0.15, 0.2) is 0 Å². The van der Waals surface area contributed by atoms with Gasteiger partial charge in [-0.2, -0.15) is 0 Å². The van der Waals surface area contributed by atoms with Gasteiger partial charge in [0.05, 0.1) is 30.9 Å². The van der Waals surface area contributed by atoms with Crippen LogP contribution in [0.1, 0.15) is 38.0 Å². The van der Waals surface area contributed by atoms with Crippen LogP contribution in [0.3, 0.4) is 0 Å². The zero-order chi connectivity index (χ0) is 19.1. The molecule has 0 heterocycles. The molecule has 0 saturated carbocycles. The largest absolute Gasteiger partial charge is 0.465 e. The van der Waals surface area contributed by atoms with Gasteiger partial charge >= 0.3 is 11.9 Å². The van der Waals surface area contributed by atoms with Crippen molar-refractivity contribution in [3.05, 3.63) is 59.2 Å². The smallest absolute Gasteiger partial charge is 0.337 e. The number of thioether (sulfide) groups is 1. The Bertz CT molecular complexity index is 800. The number of rotatable bonds is 6. The average molecular weight is 373 g/mol. The lowest BCUT2D eigenvalue weighted by atomic mass is 10.1. The van der Waals surface area contributed by atoms with Gasteiger partial charge in [0.1, 0.15) is 0 Å². The Hall–Kier alpha value is -2.80. The molecule has 0 aliphatic heterocycles. The first-order valence-electron chi connectivity index (χ1n) is 7.85. The Kier molecular flexibility index (Phi) is 6.80. The first-order chi connectivity index (χ1) is 12.5. The normalized spacial score (nSPS) is 10.1.